The Morgan fingerprint density at radius 2 is 2.12 bits per heavy atom. The number of aromatic nitrogens is 2. The molecule has 2 aromatic rings. The Morgan fingerprint density at radius 3 is 2.85 bits per heavy atom. The number of aryl methyl sites for hydroxylation is 1. The van der Waals surface area contributed by atoms with E-state index in [1.165, 1.54) is 6.42 Å². The molecule has 5 nitrogen and oxygen atoms in total. The van der Waals surface area contributed by atoms with Gasteiger partial charge < -0.3 is 9.64 Å². The predicted octanol–water partition coefficient (Wildman–Crippen LogP) is 4.08. The normalized spacial score (nSPS) is 27.1. The molecule has 0 radical (unpaired) electrons. The minimum atomic E-state index is 0.107. The largest absolute Gasteiger partial charge is 0.490 e. The van der Waals surface area contributed by atoms with Crippen LogP contribution in [0.2, 0.25) is 0 Å². The van der Waals surface area contributed by atoms with Gasteiger partial charge in [0.05, 0.1) is 12.3 Å². The lowest BCUT2D eigenvalue weighted by Gasteiger charge is -2.39. The fourth-order valence-corrected chi connectivity index (χ4v) is 5.52. The number of fused-ring (bicyclic) bond motifs is 3. The number of imidazole rings is 1. The lowest BCUT2D eigenvalue weighted by molar-refractivity contribution is 0.0700. The molecule has 2 atom stereocenters. The molecular weight excluding hydrogens is 326 g/mol. The highest BCUT2D eigenvalue weighted by Gasteiger charge is 2.51. The highest BCUT2D eigenvalue weighted by Crippen LogP contribution is 2.52. The smallest absolute Gasteiger partial charge is 0.273 e. The van der Waals surface area contributed by atoms with E-state index in [0.29, 0.717) is 23.8 Å². The standard InChI is InChI=1S/C21H29N3O2/c1-6-26-16-8-7-9-23-17(14(2)22-18(16)23)19(25)24-13-21(5)11-15(24)10-20(3,4)12-21/h7-9,15H,6,10-13H2,1-5H3. The number of hydrogen-bond donors (Lipinski definition) is 0. The van der Waals surface area contributed by atoms with Crippen molar-refractivity contribution >= 4 is 11.6 Å². The Labute approximate surface area is 155 Å². The third-order valence-electron chi connectivity index (χ3n) is 5.97. The van der Waals surface area contributed by atoms with Gasteiger partial charge in [-0.3, -0.25) is 9.20 Å². The summed E-state index contributed by atoms with van der Waals surface area (Å²) in [5, 5.41) is 0. The number of ether oxygens (including phenoxy) is 1. The van der Waals surface area contributed by atoms with Crippen molar-refractivity contribution in [3.8, 4) is 5.75 Å². The number of likely N-dealkylation sites (tertiary alicyclic amines) is 1. The van der Waals surface area contributed by atoms with Crippen LogP contribution < -0.4 is 4.74 Å². The first-order valence-corrected chi connectivity index (χ1v) is 9.64. The molecule has 1 aliphatic carbocycles. The molecule has 0 spiro atoms. The fourth-order valence-electron chi connectivity index (χ4n) is 5.52. The van der Waals surface area contributed by atoms with E-state index in [1.54, 1.807) is 0 Å². The molecule has 2 bridgehead atoms. The van der Waals surface area contributed by atoms with Gasteiger partial charge in [0.25, 0.3) is 5.91 Å². The Balaban J connectivity index is 1.74. The third kappa shape index (κ3) is 2.68. The van der Waals surface area contributed by atoms with Gasteiger partial charge in [0.2, 0.25) is 0 Å². The first kappa shape index (κ1) is 17.4. The first-order valence-electron chi connectivity index (χ1n) is 9.64. The molecule has 140 valence electrons. The highest BCUT2D eigenvalue weighted by atomic mass is 16.5. The maximum Gasteiger partial charge on any atom is 0.273 e. The maximum absolute atomic E-state index is 13.5. The number of nitrogens with zero attached hydrogens (tertiary/aromatic N) is 3. The summed E-state index contributed by atoms with van der Waals surface area (Å²) in [5.74, 6) is 0.834. The van der Waals surface area contributed by atoms with Gasteiger partial charge in [-0.1, -0.05) is 20.8 Å². The van der Waals surface area contributed by atoms with Crippen LogP contribution in [0, 0.1) is 17.8 Å². The molecule has 1 saturated heterocycles. The Bertz CT molecular complexity index is 870. The number of carbonyl (C=O) groups excluding carboxylic acids is 1. The summed E-state index contributed by atoms with van der Waals surface area (Å²) in [4.78, 5) is 20.3. The minimum Gasteiger partial charge on any atom is -0.490 e. The maximum atomic E-state index is 13.5. The quantitative estimate of drug-likeness (QED) is 0.833. The Kier molecular flexibility index (Phi) is 3.83. The topological polar surface area (TPSA) is 46.8 Å². The van der Waals surface area contributed by atoms with Crippen molar-refractivity contribution in [1.82, 2.24) is 14.3 Å². The molecule has 2 unspecified atom stereocenters. The van der Waals surface area contributed by atoms with E-state index in [1.807, 2.05) is 36.6 Å². The molecule has 1 saturated carbocycles. The second-order valence-electron chi connectivity index (χ2n) is 9.19. The van der Waals surface area contributed by atoms with Crippen molar-refractivity contribution < 1.29 is 9.53 Å². The summed E-state index contributed by atoms with van der Waals surface area (Å²) < 4.78 is 7.60. The van der Waals surface area contributed by atoms with E-state index in [4.69, 9.17) is 4.74 Å². The van der Waals surface area contributed by atoms with Crippen LogP contribution in [0.15, 0.2) is 18.3 Å². The SMILES string of the molecule is CCOc1cccn2c(C(=O)N3CC4(C)CC3CC(C)(C)C4)c(C)nc12. The van der Waals surface area contributed by atoms with Crippen molar-refractivity contribution in [3.63, 3.8) is 0 Å². The van der Waals surface area contributed by atoms with Crippen molar-refractivity contribution in [1.29, 1.82) is 0 Å². The molecule has 0 N–H and O–H groups in total. The van der Waals surface area contributed by atoms with Crippen LogP contribution in [0.4, 0.5) is 0 Å². The molecule has 2 fully saturated rings. The van der Waals surface area contributed by atoms with Gasteiger partial charge in [0.15, 0.2) is 11.4 Å². The fraction of sp³-hybridized carbons (Fsp3) is 0.619. The second kappa shape index (κ2) is 5.73. The summed E-state index contributed by atoms with van der Waals surface area (Å²) in [6.07, 6.45) is 5.29. The van der Waals surface area contributed by atoms with Crippen molar-refractivity contribution in [2.75, 3.05) is 13.2 Å². The van der Waals surface area contributed by atoms with Crippen LogP contribution in [-0.2, 0) is 0 Å². The summed E-state index contributed by atoms with van der Waals surface area (Å²) in [5.41, 5.74) is 2.70. The van der Waals surface area contributed by atoms with Crippen LogP contribution >= 0.6 is 0 Å². The lowest BCUT2D eigenvalue weighted by Crippen LogP contribution is -2.38. The van der Waals surface area contributed by atoms with Crippen LogP contribution in [-0.4, -0.2) is 39.4 Å². The first-order chi connectivity index (χ1) is 12.2. The van der Waals surface area contributed by atoms with E-state index in [2.05, 4.69) is 30.7 Å². The molecular formula is C21H29N3O2. The van der Waals surface area contributed by atoms with Crippen molar-refractivity contribution in [2.24, 2.45) is 10.8 Å². The van der Waals surface area contributed by atoms with E-state index in [-0.39, 0.29) is 11.3 Å². The van der Waals surface area contributed by atoms with Crippen LogP contribution in [0.3, 0.4) is 0 Å². The summed E-state index contributed by atoms with van der Waals surface area (Å²) in [6, 6.07) is 4.16. The van der Waals surface area contributed by atoms with Gasteiger partial charge >= 0.3 is 0 Å². The van der Waals surface area contributed by atoms with E-state index >= 15 is 0 Å². The zero-order valence-corrected chi connectivity index (χ0v) is 16.5. The van der Waals surface area contributed by atoms with Gasteiger partial charge in [-0.2, -0.15) is 0 Å². The predicted molar refractivity (Wildman–Crippen MR) is 102 cm³/mol. The van der Waals surface area contributed by atoms with Gasteiger partial charge in [-0.05, 0) is 56.1 Å². The summed E-state index contributed by atoms with van der Waals surface area (Å²) in [7, 11) is 0. The number of amides is 1. The highest BCUT2D eigenvalue weighted by molar-refractivity contribution is 5.95. The van der Waals surface area contributed by atoms with Gasteiger partial charge in [0, 0.05) is 18.8 Å². The molecule has 26 heavy (non-hydrogen) atoms. The monoisotopic (exact) mass is 355 g/mol. The molecule has 1 amide bonds. The zero-order valence-electron chi connectivity index (χ0n) is 16.5. The average Bonchev–Trinajstić information content (AvgIpc) is 3.00. The summed E-state index contributed by atoms with van der Waals surface area (Å²) >= 11 is 0. The molecule has 5 heteroatoms. The van der Waals surface area contributed by atoms with E-state index in [9.17, 15) is 4.79 Å². The number of rotatable bonds is 3. The van der Waals surface area contributed by atoms with Gasteiger partial charge in [0.1, 0.15) is 5.69 Å². The van der Waals surface area contributed by atoms with Gasteiger partial charge in [-0.25, -0.2) is 4.98 Å². The molecule has 3 heterocycles. The lowest BCUT2D eigenvalue weighted by atomic mass is 9.65. The second-order valence-corrected chi connectivity index (χ2v) is 9.19. The van der Waals surface area contributed by atoms with Crippen molar-refractivity contribution in [2.45, 2.75) is 59.9 Å². The number of hydrogen-bond acceptors (Lipinski definition) is 3. The number of pyridine rings is 1. The van der Waals surface area contributed by atoms with Crippen LogP contribution in [0.5, 0.6) is 5.75 Å². The Hall–Kier alpha value is -2.04. The number of carbonyl (C=O) groups is 1. The van der Waals surface area contributed by atoms with Crippen LogP contribution in [0.25, 0.3) is 5.65 Å². The van der Waals surface area contributed by atoms with Gasteiger partial charge in [-0.15, -0.1) is 0 Å². The molecule has 4 rings (SSSR count). The summed E-state index contributed by atoms with van der Waals surface area (Å²) in [6.45, 7) is 12.3. The molecule has 2 aliphatic rings. The van der Waals surface area contributed by atoms with E-state index < -0.39 is 0 Å². The zero-order chi connectivity index (χ0) is 18.7. The van der Waals surface area contributed by atoms with Crippen molar-refractivity contribution in [3.05, 3.63) is 29.7 Å². The Morgan fingerprint density at radius 1 is 1.35 bits per heavy atom. The molecule has 1 aliphatic heterocycles. The third-order valence-corrected chi connectivity index (χ3v) is 5.97. The minimum absolute atomic E-state index is 0.107. The average molecular weight is 355 g/mol. The van der Waals surface area contributed by atoms with Crippen LogP contribution in [0.1, 0.15) is 63.1 Å². The molecule has 0 aromatic carbocycles. The van der Waals surface area contributed by atoms with E-state index in [0.717, 1.165) is 36.5 Å². The molecule has 2 aromatic heterocycles.